The van der Waals surface area contributed by atoms with E-state index >= 15 is 0 Å². The van der Waals surface area contributed by atoms with Crippen molar-refractivity contribution >= 4 is 46.4 Å². The van der Waals surface area contributed by atoms with Gasteiger partial charge in [-0.2, -0.15) is 0 Å². The van der Waals surface area contributed by atoms with Gasteiger partial charge < -0.3 is 34.4 Å². The molecule has 0 aliphatic carbocycles. The van der Waals surface area contributed by atoms with Crippen LogP contribution in [-0.4, -0.2) is 159 Å². The number of nitrogens with one attached hydrogen (secondary N) is 2. The van der Waals surface area contributed by atoms with Crippen molar-refractivity contribution < 1.29 is 38.6 Å². The molecule has 0 radical (unpaired) electrons. The number of likely N-dealkylation sites (tertiary alicyclic amines) is 1. The minimum Gasteiger partial charge on any atom is -0.508 e. The Balaban J connectivity index is 1.08. The Kier molecular flexibility index (Phi) is 16.0. The number of benzene rings is 2. The van der Waals surface area contributed by atoms with Gasteiger partial charge in [-0.05, 0) is 110 Å². The summed E-state index contributed by atoms with van der Waals surface area (Å²) in [5.74, 6) is -2.24. The number of phenols is 1. The van der Waals surface area contributed by atoms with Gasteiger partial charge in [-0.1, -0.05) is 53.7 Å². The number of aromatic hydroxyl groups is 1. The molecule has 17 heteroatoms. The SMILES string of the molecule is CCn1c(-c2cccnc2C(C)C)c2c3cc(ccc31)-c1cc(O)cc(c1)C[C@H](NC(=O)[C@H](C(C)C)N(C)C(=O)CN(C)C(=O)[C@H]1CN1CCCN1CCCC1=O)C(=O)N1CCC[C@H](N1)C(=O)OCC(C)(C)C2. The van der Waals surface area contributed by atoms with Gasteiger partial charge in [0, 0.05) is 94.3 Å². The number of phenolic OH excluding ortho intramolecular Hbond substituents is 1. The van der Waals surface area contributed by atoms with Crippen LogP contribution in [0.3, 0.4) is 0 Å². The van der Waals surface area contributed by atoms with E-state index in [0.29, 0.717) is 57.4 Å². The molecule has 73 heavy (non-hydrogen) atoms. The van der Waals surface area contributed by atoms with E-state index in [4.69, 9.17) is 9.72 Å². The Hall–Kier alpha value is -6.33. The van der Waals surface area contributed by atoms with Gasteiger partial charge in [0.15, 0.2) is 0 Å². The van der Waals surface area contributed by atoms with Gasteiger partial charge in [-0.15, -0.1) is 0 Å². The number of hydrogen-bond acceptors (Lipinski definition) is 11. The maximum absolute atomic E-state index is 14.8. The molecule has 2 aromatic heterocycles. The first-order valence-electron chi connectivity index (χ1n) is 26.3. The van der Waals surface area contributed by atoms with Gasteiger partial charge in [0.05, 0.1) is 24.5 Å². The number of rotatable bonds is 14. The van der Waals surface area contributed by atoms with Crippen LogP contribution in [0.15, 0.2) is 54.7 Å². The van der Waals surface area contributed by atoms with Gasteiger partial charge in [0.25, 0.3) is 5.91 Å². The number of carbonyl (C=O) groups is 6. The summed E-state index contributed by atoms with van der Waals surface area (Å²) in [6.07, 6.45) is 5.55. The number of ether oxygens (including phenoxy) is 1. The van der Waals surface area contributed by atoms with Crippen LogP contribution in [0.4, 0.5) is 0 Å². The van der Waals surface area contributed by atoms with Crippen molar-refractivity contribution in [1.82, 2.24) is 44.9 Å². The number of likely N-dealkylation sites (N-methyl/N-ethyl adjacent to an activating group) is 2. The van der Waals surface area contributed by atoms with E-state index in [1.54, 1.807) is 19.2 Å². The molecule has 392 valence electrons. The van der Waals surface area contributed by atoms with Crippen LogP contribution in [0.5, 0.6) is 5.75 Å². The van der Waals surface area contributed by atoms with Crippen LogP contribution in [-0.2, 0) is 52.9 Å². The maximum Gasteiger partial charge on any atom is 0.324 e. The highest BCUT2D eigenvalue weighted by atomic mass is 16.5. The lowest BCUT2D eigenvalue weighted by atomic mass is 9.83. The van der Waals surface area contributed by atoms with Gasteiger partial charge in [0.1, 0.15) is 29.9 Å². The number of carbonyl (C=O) groups excluding carboxylic acids is 6. The summed E-state index contributed by atoms with van der Waals surface area (Å²) in [5.41, 5.74) is 9.97. The fourth-order valence-electron chi connectivity index (χ4n) is 11.1. The Morgan fingerprint density at radius 3 is 2.48 bits per heavy atom. The van der Waals surface area contributed by atoms with E-state index in [0.717, 1.165) is 63.9 Å². The second kappa shape index (κ2) is 22.0. The number of aromatic nitrogens is 2. The Labute approximate surface area is 429 Å². The average Bonchev–Trinajstić information content (AvgIpc) is 3.91. The van der Waals surface area contributed by atoms with E-state index in [1.807, 2.05) is 48.0 Å². The molecule has 8 rings (SSSR count). The second-order valence-electron chi connectivity index (χ2n) is 22.0. The van der Waals surface area contributed by atoms with Crippen molar-refractivity contribution in [3.8, 4) is 28.1 Å². The molecular formula is C56H75N9O8. The molecule has 5 atom stereocenters. The molecule has 3 saturated heterocycles. The van der Waals surface area contributed by atoms with Gasteiger partial charge in [-0.25, -0.2) is 5.43 Å². The Morgan fingerprint density at radius 2 is 1.77 bits per heavy atom. The van der Waals surface area contributed by atoms with Gasteiger partial charge >= 0.3 is 5.97 Å². The first kappa shape index (κ1) is 53.0. The van der Waals surface area contributed by atoms with Crippen LogP contribution in [0.2, 0.25) is 0 Å². The van der Waals surface area contributed by atoms with Crippen LogP contribution in [0.25, 0.3) is 33.3 Å². The summed E-state index contributed by atoms with van der Waals surface area (Å²) in [5, 5.41) is 16.8. The average molecular weight is 1000 g/mol. The molecule has 17 nitrogen and oxygen atoms in total. The summed E-state index contributed by atoms with van der Waals surface area (Å²) >= 11 is 0. The highest BCUT2D eigenvalue weighted by Crippen LogP contribution is 2.42. The van der Waals surface area contributed by atoms with Crippen LogP contribution in [0.1, 0.15) is 103 Å². The molecule has 0 spiro atoms. The first-order chi connectivity index (χ1) is 34.7. The van der Waals surface area contributed by atoms with Gasteiger partial charge in [-0.3, -0.25) is 43.7 Å². The largest absolute Gasteiger partial charge is 0.508 e. The normalized spacial score (nSPS) is 21.5. The molecule has 3 fully saturated rings. The lowest BCUT2D eigenvalue weighted by Gasteiger charge is -2.37. The molecule has 6 bridgehead atoms. The number of cyclic esters (lactones) is 1. The molecule has 4 aliphatic heterocycles. The van der Waals surface area contributed by atoms with E-state index in [1.165, 1.54) is 21.9 Å². The summed E-state index contributed by atoms with van der Waals surface area (Å²) in [6.45, 7) is 17.7. The van der Waals surface area contributed by atoms with Crippen molar-refractivity contribution in [3.63, 3.8) is 0 Å². The van der Waals surface area contributed by atoms with Crippen molar-refractivity contribution in [2.24, 2.45) is 11.3 Å². The number of amides is 5. The molecular weight excluding hydrogens is 927 g/mol. The van der Waals surface area contributed by atoms with Crippen LogP contribution in [0, 0.1) is 11.3 Å². The fraction of sp³-hybridized carbons (Fsp3) is 0.554. The third-order valence-electron chi connectivity index (χ3n) is 15.0. The zero-order valence-corrected chi connectivity index (χ0v) is 44.2. The molecule has 5 amide bonds. The summed E-state index contributed by atoms with van der Waals surface area (Å²) in [6, 6.07) is 12.2. The van der Waals surface area contributed by atoms with Crippen LogP contribution < -0.4 is 10.7 Å². The number of aryl methyl sites for hydroxylation is 1. The van der Waals surface area contributed by atoms with E-state index in [-0.39, 0.29) is 55.6 Å². The summed E-state index contributed by atoms with van der Waals surface area (Å²) in [7, 11) is 3.11. The smallest absolute Gasteiger partial charge is 0.324 e. The highest BCUT2D eigenvalue weighted by Gasteiger charge is 2.43. The molecule has 2 aromatic carbocycles. The molecule has 4 aromatic rings. The topological polar surface area (TPSA) is 190 Å². The first-order valence-corrected chi connectivity index (χ1v) is 26.3. The highest BCUT2D eigenvalue weighted by molar-refractivity contribution is 5.96. The number of fused-ring (bicyclic) bond motifs is 6. The lowest BCUT2D eigenvalue weighted by Crippen LogP contribution is -2.62. The zero-order chi connectivity index (χ0) is 52.5. The second-order valence-corrected chi connectivity index (χ2v) is 22.0. The van der Waals surface area contributed by atoms with Crippen LogP contribution >= 0.6 is 0 Å². The van der Waals surface area contributed by atoms with Gasteiger partial charge in [0.2, 0.25) is 23.6 Å². The monoisotopic (exact) mass is 1000 g/mol. The summed E-state index contributed by atoms with van der Waals surface area (Å²) in [4.78, 5) is 94.3. The standard InChI is InChI=1S/C56H75N9O8/c1-10-64-45-19-18-37-29-41(45)42(51(64)40-15-11-20-57-49(40)34(2)3)30-56(6,7)33-73-55(72)43-16-12-24-65(59-43)53(70)44(27-36-25-38(37)28-39(66)26-36)58-52(69)50(35(4)5)61(9)48(68)32-60(8)54(71)46-31-63(46)23-14-22-62-21-13-17-47(62)67/h11,15,18-20,25-26,28-29,34-35,43-44,46,50,59,66H,10,12-14,16-17,21-24,27,30-33H2,1-9H3,(H,58,69)/t43-,44-,46+,50-,63?/m0/s1. The molecule has 6 heterocycles. The molecule has 3 N–H and O–H groups in total. The number of hydrazine groups is 1. The number of pyridine rings is 1. The Bertz CT molecular complexity index is 2750. The van der Waals surface area contributed by atoms with E-state index < -0.39 is 53.1 Å². The zero-order valence-electron chi connectivity index (χ0n) is 44.2. The minimum atomic E-state index is -1.19. The summed E-state index contributed by atoms with van der Waals surface area (Å²) < 4.78 is 8.45. The molecule has 4 aliphatic rings. The van der Waals surface area contributed by atoms with Crippen molar-refractivity contribution in [3.05, 3.63) is 71.5 Å². The third kappa shape index (κ3) is 11.7. The minimum absolute atomic E-state index is 0.0134. The third-order valence-corrected chi connectivity index (χ3v) is 15.0. The fourth-order valence-corrected chi connectivity index (χ4v) is 11.1. The van der Waals surface area contributed by atoms with Crippen molar-refractivity contribution in [2.75, 3.05) is 60.0 Å². The molecule has 0 saturated carbocycles. The number of esters is 1. The quantitative estimate of drug-likeness (QED) is 0.107. The van der Waals surface area contributed by atoms with E-state index in [2.05, 4.69) is 68.1 Å². The van der Waals surface area contributed by atoms with Crippen molar-refractivity contribution in [1.29, 1.82) is 0 Å². The Morgan fingerprint density at radius 1 is 0.986 bits per heavy atom. The predicted octanol–water partition coefficient (Wildman–Crippen LogP) is 5.51. The molecule has 1 unspecified atom stereocenters. The maximum atomic E-state index is 14.8. The van der Waals surface area contributed by atoms with Crippen molar-refractivity contribution in [2.45, 2.75) is 130 Å². The lowest BCUT2D eigenvalue weighted by molar-refractivity contribution is -0.155. The van der Waals surface area contributed by atoms with E-state index in [9.17, 15) is 33.9 Å². The number of nitrogens with zero attached hydrogens (tertiary/aromatic N) is 7. The predicted molar refractivity (Wildman–Crippen MR) is 279 cm³/mol. The number of hydrogen-bond donors (Lipinski definition) is 3.